The Morgan fingerprint density at radius 1 is 1.33 bits per heavy atom. The Morgan fingerprint density at radius 3 is 2.53 bits per heavy atom. The maximum Gasteiger partial charge on any atom is 0.361 e. The summed E-state index contributed by atoms with van der Waals surface area (Å²) in [6, 6.07) is 0. The van der Waals surface area contributed by atoms with Crippen molar-refractivity contribution in [1.29, 1.82) is 0 Å². The van der Waals surface area contributed by atoms with E-state index in [0.717, 1.165) is 30.4 Å². The highest BCUT2D eigenvalue weighted by Crippen LogP contribution is 2.18. The fraction of sp³-hybridized carbons (Fsp3) is 0.909. The van der Waals surface area contributed by atoms with E-state index in [1.54, 1.807) is 0 Å². The first kappa shape index (κ1) is 12.5. The average Bonchev–Trinajstić information content (AvgIpc) is 2.19. The van der Waals surface area contributed by atoms with Crippen molar-refractivity contribution in [2.24, 2.45) is 0 Å². The first-order valence-corrected chi connectivity index (χ1v) is 5.84. The molecule has 0 atom stereocenters. The highest BCUT2D eigenvalue weighted by molar-refractivity contribution is 5.70. The number of aliphatic hydroxyl groups excluding tert-OH is 1. The van der Waals surface area contributed by atoms with Crippen LogP contribution < -0.4 is 0 Å². The summed E-state index contributed by atoms with van der Waals surface area (Å²) in [7, 11) is 0. The summed E-state index contributed by atoms with van der Waals surface area (Å²) in [6.45, 7) is 5.52. The van der Waals surface area contributed by atoms with E-state index in [1.165, 1.54) is 6.42 Å². The molecule has 1 N–H and O–H groups in total. The van der Waals surface area contributed by atoms with Gasteiger partial charge in [0, 0.05) is 0 Å². The zero-order chi connectivity index (χ0) is 11.1. The van der Waals surface area contributed by atoms with Crippen LogP contribution in [-0.2, 0) is 9.53 Å². The summed E-state index contributed by atoms with van der Waals surface area (Å²) in [6.07, 6.45) is 3.55. The second-order valence-electron chi connectivity index (χ2n) is 4.26. The number of rotatable bonds is 5. The van der Waals surface area contributed by atoms with Crippen molar-refractivity contribution in [2.75, 3.05) is 39.4 Å². The predicted molar refractivity (Wildman–Crippen MR) is 57.3 cm³/mol. The van der Waals surface area contributed by atoms with Crippen molar-refractivity contribution >= 4 is 5.97 Å². The van der Waals surface area contributed by atoms with Gasteiger partial charge < -0.3 is 14.3 Å². The van der Waals surface area contributed by atoms with Gasteiger partial charge in [-0.1, -0.05) is 0 Å². The van der Waals surface area contributed by atoms with Crippen molar-refractivity contribution in [3.05, 3.63) is 0 Å². The van der Waals surface area contributed by atoms with Gasteiger partial charge >= 0.3 is 5.97 Å². The number of nitrogens with zero attached hydrogens (tertiary/aromatic N) is 1. The van der Waals surface area contributed by atoms with Crippen LogP contribution in [0.4, 0.5) is 0 Å². The van der Waals surface area contributed by atoms with E-state index in [1.807, 2.05) is 6.92 Å². The van der Waals surface area contributed by atoms with Crippen LogP contribution >= 0.6 is 0 Å². The van der Waals surface area contributed by atoms with Gasteiger partial charge in [-0.05, 0) is 26.2 Å². The van der Waals surface area contributed by atoms with Gasteiger partial charge in [0.25, 0.3) is 0 Å². The molecule has 0 saturated carbocycles. The predicted octanol–water partition coefficient (Wildman–Crippen LogP) is 0.542. The molecule has 1 fully saturated rings. The second-order valence-corrected chi connectivity index (χ2v) is 4.26. The van der Waals surface area contributed by atoms with Gasteiger partial charge in [-0.3, -0.25) is 0 Å². The minimum Gasteiger partial charge on any atom is -0.462 e. The normalized spacial score (nSPS) is 19.9. The van der Waals surface area contributed by atoms with Crippen LogP contribution in [0.1, 0.15) is 26.2 Å². The molecule has 0 bridgehead atoms. The molecule has 0 aliphatic carbocycles. The Labute approximate surface area is 91.4 Å². The Kier molecular flexibility index (Phi) is 5.05. The standard InChI is InChI=1S/C11H22NO3/c1-2-15-11(14)10-12(8-9-13)6-4-3-5-7-12/h13H,2-10H2,1H3/q+1. The molecule has 0 radical (unpaired) electrons. The third-order valence-electron chi connectivity index (χ3n) is 3.11. The van der Waals surface area contributed by atoms with Crippen molar-refractivity contribution in [1.82, 2.24) is 0 Å². The lowest BCUT2D eigenvalue weighted by Gasteiger charge is -2.40. The molecule has 1 aliphatic rings. The first-order chi connectivity index (χ1) is 7.22. The van der Waals surface area contributed by atoms with Crippen LogP contribution in [0.15, 0.2) is 0 Å². The maximum atomic E-state index is 11.5. The number of esters is 1. The SMILES string of the molecule is CCOC(=O)C[N+]1(CCO)CCCCC1. The second kappa shape index (κ2) is 6.08. The van der Waals surface area contributed by atoms with Crippen LogP contribution in [0.3, 0.4) is 0 Å². The first-order valence-electron chi connectivity index (χ1n) is 5.84. The number of carbonyl (C=O) groups excluding carboxylic acids is 1. The van der Waals surface area contributed by atoms with Gasteiger partial charge in [-0.2, -0.15) is 0 Å². The largest absolute Gasteiger partial charge is 0.462 e. The third-order valence-corrected chi connectivity index (χ3v) is 3.11. The van der Waals surface area contributed by atoms with Gasteiger partial charge in [0.05, 0.1) is 26.3 Å². The smallest absolute Gasteiger partial charge is 0.361 e. The van der Waals surface area contributed by atoms with Crippen LogP contribution in [0.5, 0.6) is 0 Å². The number of hydrogen-bond donors (Lipinski definition) is 1. The molecule has 1 rings (SSSR count). The summed E-state index contributed by atoms with van der Waals surface area (Å²) in [5.41, 5.74) is 0. The Hall–Kier alpha value is -0.610. The van der Waals surface area contributed by atoms with E-state index < -0.39 is 0 Å². The molecule has 15 heavy (non-hydrogen) atoms. The van der Waals surface area contributed by atoms with Gasteiger partial charge in [-0.15, -0.1) is 0 Å². The molecule has 0 aromatic carbocycles. The number of hydrogen-bond acceptors (Lipinski definition) is 3. The number of likely N-dealkylation sites (tertiary alicyclic amines) is 1. The minimum absolute atomic E-state index is 0.132. The summed E-state index contributed by atoms with van der Waals surface area (Å²) in [4.78, 5) is 11.5. The number of ether oxygens (including phenoxy) is 1. The van der Waals surface area contributed by atoms with Crippen LogP contribution in [0.2, 0.25) is 0 Å². The Morgan fingerprint density at radius 2 is 2.00 bits per heavy atom. The molecule has 0 aromatic rings. The molecule has 1 heterocycles. The number of carbonyl (C=O) groups is 1. The Bertz CT molecular complexity index is 194. The summed E-state index contributed by atoms with van der Waals surface area (Å²) >= 11 is 0. The molecule has 1 saturated heterocycles. The number of quaternary nitrogens is 1. The lowest BCUT2D eigenvalue weighted by molar-refractivity contribution is -0.926. The number of piperidine rings is 1. The van der Waals surface area contributed by atoms with Crippen LogP contribution in [-0.4, -0.2) is 55.0 Å². The zero-order valence-electron chi connectivity index (χ0n) is 9.57. The van der Waals surface area contributed by atoms with E-state index in [4.69, 9.17) is 9.84 Å². The summed E-state index contributed by atoms with van der Waals surface area (Å²) in [5.74, 6) is -0.132. The van der Waals surface area contributed by atoms with Crippen molar-refractivity contribution < 1.29 is 19.1 Å². The topological polar surface area (TPSA) is 46.5 Å². The third kappa shape index (κ3) is 3.80. The van der Waals surface area contributed by atoms with Crippen molar-refractivity contribution in [2.45, 2.75) is 26.2 Å². The van der Waals surface area contributed by atoms with Gasteiger partial charge in [0.1, 0.15) is 6.54 Å². The minimum atomic E-state index is -0.132. The van der Waals surface area contributed by atoms with Crippen LogP contribution in [0, 0.1) is 0 Å². The highest BCUT2D eigenvalue weighted by Gasteiger charge is 2.32. The monoisotopic (exact) mass is 216 g/mol. The van der Waals surface area contributed by atoms with E-state index >= 15 is 0 Å². The highest BCUT2D eigenvalue weighted by atomic mass is 16.5. The summed E-state index contributed by atoms with van der Waals surface area (Å²) in [5, 5.41) is 9.06. The van der Waals surface area contributed by atoms with E-state index in [9.17, 15) is 4.79 Å². The van der Waals surface area contributed by atoms with Gasteiger partial charge in [0.15, 0.2) is 6.54 Å². The fourth-order valence-electron chi connectivity index (χ4n) is 2.34. The molecule has 0 spiro atoms. The quantitative estimate of drug-likeness (QED) is 0.539. The van der Waals surface area contributed by atoms with Gasteiger partial charge in [0.2, 0.25) is 0 Å². The molecular weight excluding hydrogens is 194 g/mol. The summed E-state index contributed by atoms with van der Waals surface area (Å²) < 4.78 is 5.70. The lowest BCUT2D eigenvalue weighted by atomic mass is 10.1. The Balaban J connectivity index is 2.51. The van der Waals surface area contributed by atoms with Crippen molar-refractivity contribution in [3.8, 4) is 0 Å². The molecule has 4 nitrogen and oxygen atoms in total. The number of aliphatic hydroxyl groups is 1. The fourth-order valence-corrected chi connectivity index (χ4v) is 2.34. The average molecular weight is 216 g/mol. The lowest BCUT2D eigenvalue weighted by Crippen LogP contribution is -2.55. The molecule has 1 aliphatic heterocycles. The van der Waals surface area contributed by atoms with E-state index in [2.05, 4.69) is 0 Å². The maximum absolute atomic E-state index is 11.5. The molecule has 0 amide bonds. The van der Waals surface area contributed by atoms with E-state index in [0.29, 0.717) is 19.7 Å². The zero-order valence-corrected chi connectivity index (χ0v) is 9.57. The molecular formula is C11H22NO3+. The van der Waals surface area contributed by atoms with Gasteiger partial charge in [-0.25, -0.2) is 4.79 Å². The van der Waals surface area contributed by atoms with Crippen LogP contribution in [0.25, 0.3) is 0 Å². The van der Waals surface area contributed by atoms with Crippen molar-refractivity contribution in [3.63, 3.8) is 0 Å². The molecule has 0 unspecified atom stereocenters. The van der Waals surface area contributed by atoms with E-state index in [-0.39, 0.29) is 12.6 Å². The molecule has 88 valence electrons. The molecule has 0 aromatic heterocycles. The molecule has 4 heteroatoms.